The third-order valence-electron chi connectivity index (χ3n) is 8.04. The zero-order valence-electron chi connectivity index (χ0n) is 19.8. The second-order valence-electron chi connectivity index (χ2n) is 10.3. The van der Waals surface area contributed by atoms with Gasteiger partial charge in [0.05, 0.1) is 25.0 Å². The van der Waals surface area contributed by atoms with Gasteiger partial charge in [-0.05, 0) is 37.8 Å². The number of rotatable bonds is 4. The van der Waals surface area contributed by atoms with Gasteiger partial charge in [-0.15, -0.1) is 0 Å². The minimum Gasteiger partial charge on any atom is -0.466 e. The molecule has 188 valence electrons. The summed E-state index contributed by atoms with van der Waals surface area (Å²) in [5.74, 6) is -1.46. The van der Waals surface area contributed by atoms with E-state index in [4.69, 9.17) is 28.1 Å². The molecule has 0 aromatic carbocycles. The average Bonchev–Trinajstić information content (AvgIpc) is 3.62. The SMILES string of the molecule is C=C1[C@H](O)[C@@H]2c3oc(cc3CC(=O)OCC)[C@H]3O[C@]3(C)C[C@@H]3OC(=O)[C@]4(O[C@@H]34)[C@H](OC(C)=O)C[C@@H]12. The number of epoxide rings is 2. The molecule has 10 nitrogen and oxygen atoms in total. The lowest BCUT2D eigenvalue weighted by Crippen LogP contribution is -2.48. The van der Waals surface area contributed by atoms with Crippen LogP contribution in [-0.2, 0) is 44.5 Å². The van der Waals surface area contributed by atoms with E-state index in [2.05, 4.69) is 6.58 Å². The zero-order valence-corrected chi connectivity index (χ0v) is 19.8. The maximum absolute atomic E-state index is 13.0. The normalized spacial score (nSPS) is 42.6. The summed E-state index contributed by atoms with van der Waals surface area (Å²) in [6.45, 7) is 9.16. The number of ether oxygens (including phenoxy) is 5. The van der Waals surface area contributed by atoms with Crippen LogP contribution >= 0.6 is 0 Å². The fourth-order valence-corrected chi connectivity index (χ4v) is 6.20. The highest BCUT2D eigenvalue weighted by Gasteiger charge is 2.79. The first-order valence-electron chi connectivity index (χ1n) is 12.0. The van der Waals surface area contributed by atoms with Gasteiger partial charge < -0.3 is 33.2 Å². The molecule has 4 aliphatic heterocycles. The molecule has 1 saturated carbocycles. The quantitative estimate of drug-likeness (QED) is 0.288. The van der Waals surface area contributed by atoms with Gasteiger partial charge in [-0.25, -0.2) is 4.79 Å². The molecule has 0 amide bonds. The molecule has 1 aliphatic carbocycles. The van der Waals surface area contributed by atoms with Crippen LogP contribution in [-0.4, -0.2) is 65.2 Å². The Morgan fingerprint density at radius 3 is 2.77 bits per heavy atom. The van der Waals surface area contributed by atoms with Crippen LogP contribution in [0.15, 0.2) is 22.6 Å². The molecule has 6 rings (SSSR count). The Hall–Kier alpha value is -2.69. The number of carbonyl (C=O) groups excluding carboxylic acids is 3. The average molecular weight is 488 g/mol. The Kier molecular flexibility index (Phi) is 4.82. The topological polar surface area (TPSA) is 137 Å². The summed E-state index contributed by atoms with van der Waals surface area (Å²) in [4.78, 5) is 37.3. The van der Waals surface area contributed by atoms with Gasteiger partial charge in [-0.2, -0.15) is 0 Å². The van der Waals surface area contributed by atoms with Crippen molar-refractivity contribution in [1.82, 2.24) is 0 Å². The second kappa shape index (κ2) is 7.41. The zero-order chi connectivity index (χ0) is 24.9. The molecule has 4 bridgehead atoms. The van der Waals surface area contributed by atoms with Crippen LogP contribution in [0.1, 0.15) is 62.7 Å². The third kappa shape index (κ3) is 3.23. The van der Waals surface area contributed by atoms with Crippen molar-refractivity contribution in [1.29, 1.82) is 0 Å². The van der Waals surface area contributed by atoms with Crippen LogP contribution in [0.25, 0.3) is 0 Å². The molecule has 1 aromatic rings. The first-order valence-corrected chi connectivity index (χ1v) is 12.0. The van der Waals surface area contributed by atoms with Crippen molar-refractivity contribution >= 4 is 17.9 Å². The fourth-order valence-electron chi connectivity index (χ4n) is 6.20. The highest BCUT2D eigenvalue weighted by atomic mass is 16.7. The van der Waals surface area contributed by atoms with Crippen LogP contribution < -0.4 is 0 Å². The standard InChI is InChI=1S/C25H28O10/c1-5-30-17(27)7-12-6-14-21-24(4,34-21)9-15-22-25(35-22,23(29)33-15)16(31-11(3)26)8-13-10(2)19(28)18(13)20(12)32-14/h6,13,15-16,18-19,21-22,28H,2,5,7-9H2,1,3-4H3/t13-,15-,16+,18+,19-,21+,22-,24+,25-/m0/s1. The fraction of sp³-hybridized carbons (Fsp3) is 0.640. The molecule has 1 N–H and O–H groups in total. The second-order valence-corrected chi connectivity index (χ2v) is 10.3. The molecule has 0 spiro atoms. The molecule has 35 heavy (non-hydrogen) atoms. The smallest absolute Gasteiger partial charge is 0.345 e. The molecule has 0 radical (unpaired) electrons. The number of esters is 3. The molecule has 10 heteroatoms. The molecule has 9 atom stereocenters. The Labute approximate surface area is 201 Å². The van der Waals surface area contributed by atoms with Gasteiger partial charge in [0.2, 0.25) is 5.60 Å². The lowest BCUT2D eigenvalue weighted by atomic mass is 9.62. The Morgan fingerprint density at radius 2 is 2.09 bits per heavy atom. The highest BCUT2D eigenvalue weighted by molar-refractivity contribution is 5.88. The van der Waals surface area contributed by atoms with Crippen molar-refractivity contribution in [2.75, 3.05) is 6.61 Å². The molecular formula is C25H28O10. The van der Waals surface area contributed by atoms with Gasteiger partial charge in [0.25, 0.3) is 0 Å². The van der Waals surface area contributed by atoms with Crippen molar-refractivity contribution in [2.45, 2.75) is 87.7 Å². The first kappa shape index (κ1) is 22.8. The van der Waals surface area contributed by atoms with Gasteiger partial charge in [0.15, 0.2) is 0 Å². The van der Waals surface area contributed by atoms with Gasteiger partial charge in [-0.3, -0.25) is 9.59 Å². The molecule has 5 aliphatic rings. The molecule has 5 heterocycles. The maximum Gasteiger partial charge on any atom is 0.345 e. The van der Waals surface area contributed by atoms with E-state index in [1.165, 1.54) is 6.92 Å². The monoisotopic (exact) mass is 488 g/mol. The minimum absolute atomic E-state index is 0.0226. The molecule has 3 saturated heterocycles. The number of furan rings is 1. The van der Waals surface area contributed by atoms with E-state index in [9.17, 15) is 19.5 Å². The van der Waals surface area contributed by atoms with E-state index in [1.807, 2.05) is 6.92 Å². The molecular weight excluding hydrogens is 460 g/mol. The van der Waals surface area contributed by atoms with E-state index >= 15 is 0 Å². The number of hydrogen-bond donors (Lipinski definition) is 1. The summed E-state index contributed by atoms with van der Waals surface area (Å²) in [5.41, 5.74) is -0.910. The Balaban J connectivity index is 1.42. The van der Waals surface area contributed by atoms with Crippen LogP contribution in [0.3, 0.4) is 0 Å². The lowest BCUT2D eigenvalue weighted by Gasteiger charge is -2.45. The van der Waals surface area contributed by atoms with Crippen molar-refractivity contribution in [3.8, 4) is 0 Å². The molecule has 4 fully saturated rings. The third-order valence-corrected chi connectivity index (χ3v) is 8.04. The van der Waals surface area contributed by atoms with Crippen molar-refractivity contribution in [2.24, 2.45) is 5.92 Å². The van der Waals surface area contributed by atoms with E-state index in [1.54, 1.807) is 13.0 Å². The highest BCUT2D eigenvalue weighted by Crippen LogP contribution is 2.61. The van der Waals surface area contributed by atoms with Crippen LogP contribution in [0.5, 0.6) is 0 Å². The number of hydrogen-bond acceptors (Lipinski definition) is 10. The van der Waals surface area contributed by atoms with Crippen molar-refractivity contribution in [3.63, 3.8) is 0 Å². The van der Waals surface area contributed by atoms with Crippen LogP contribution in [0.4, 0.5) is 0 Å². The van der Waals surface area contributed by atoms with Gasteiger partial charge in [0, 0.05) is 18.9 Å². The van der Waals surface area contributed by atoms with E-state index in [-0.39, 0.29) is 25.4 Å². The van der Waals surface area contributed by atoms with E-state index in [0.717, 1.165) is 0 Å². The van der Waals surface area contributed by atoms with Crippen LogP contribution in [0, 0.1) is 5.92 Å². The largest absolute Gasteiger partial charge is 0.466 e. The van der Waals surface area contributed by atoms with Crippen molar-refractivity contribution < 1.29 is 47.6 Å². The predicted octanol–water partition coefficient (Wildman–Crippen LogP) is 1.63. The van der Waals surface area contributed by atoms with Gasteiger partial charge in [-0.1, -0.05) is 6.58 Å². The summed E-state index contributed by atoms with van der Waals surface area (Å²) >= 11 is 0. The minimum atomic E-state index is -1.38. The van der Waals surface area contributed by atoms with E-state index < -0.39 is 65.5 Å². The summed E-state index contributed by atoms with van der Waals surface area (Å²) in [6, 6.07) is 1.78. The summed E-state index contributed by atoms with van der Waals surface area (Å²) in [6.07, 6.45) is -2.84. The summed E-state index contributed by atoms with van der Waals surface area (Å²) in [5, 5.41) is 10.9. The van der Waals surface area contributed by atoms with Gasteiger partial charge in [0.1, 0.15) is 41.5 Å². The number of aliphatic hydroxyl groups is 1. The first-order chi connectivity index (χ1) is 16.6. The molecule has 0 unspecified atom stereocenters. The lowest BCUT2D eigenvalue weighted by molar-refractivity contribution is -0.166. The number of carbonyl (C=O) groups is 3. The molecule has 1 aromatic heterocycles. The predicted molar refractivity (Wildman–Crippen MR) is 115 cm³/mol. The van der Waals surface area contributed by atoms with Crippen molar-refractivity contribution in [3.05, 3.63) is 35.3 Å². The van der Waals surface area contributed by atoms with Crippen LogP contribution in [0.2, 0.25) is 0 Å². The van der Waals surface area contributed by atoms with E-state index in [0.29, 0.717) is 29.1 Å². The number of fused-ring (bicyclic) bond motifs is 6. The summed E-state index contributed by atoms with van der Waals surface area (Å²) in [7, 11) is 0. The Bertz CT molecular complexity index is 1140. The summed E-state index contributed by atoms with van der Waals surface area (Å²) < 4.78 is 34.6. The van der Waals surface area contributed by atoms with Gasteiger partial charge >= 0.3 is 17.9 Å². The Morgan fingerprint density at radius 1 is 1.31 bits per heavy atom. The maximum atomic E-state index is 13.0. The number of aliphatic hydroxyl groups excluding tert-OH is 1.